The highest BCUT2D eigenvalue weighted by Gasteiger charge is 2.42. The molecule has 0 spiro atoms. The molecule has 0 aromatic carbocycles. The van der Waals surface area contributed by atoms with Crippen LogP contribution in [0.25, 0.3) is 0 Å². The van der Waals surface area contributed by atoms with Crippen molar-refractivity contribution in [2.75, 3.05) is 32.8 Å². The Morgan fingerprint density at radius 2 is 1.86 bits per heavy atom. The monoisotopic (exact) mass is 296 g/mol. The maximum atomic E-state index is 5.77. The maximum Gasteiger partial charge on any atom is 0.0599 e. The molecule has 2 fully saturated rings. The fraction of sp³-hybridized carbons (Fsp3) is 1.00. The van der Waals surface area contributed by atoms with Crippen molar-refractivity contribution in [3.8, 4) is 0 Å². The normalized spacial score (nSPS) is 30.9. The summed E-state index contributed by atoms with van der Waals surface area (Å²) in [5.74, 6) is 0.829. The lowest BCUT2D eigenvalue weighted by molar-refractivity contribution is 0.00974. The molecule has 2 aliphatic rings. The molecule has 21 heavy (non-hydrogen) atoms. The van der Waals surface area contributed by atoms with Crippen molar-refractivity contribution in [2.24, 2.45) is 11.3 Å². The van der Waals surface area contributed by atoms with Gasteiger partial charge in [-0.25, -0.2) is 0 Å². The number of ether oxygens (including phenoxy) is 1. The Bertz CT molecular complexity index is 298. The van der Waals surface area contributed by atoms with Gasteiger partial charge in [-0.2, -0.15) is 0 Å². The third kappa shape index (κ3) is 4.67. The minimum atomic E-state index is 0.462. The molecule has 0 aromatic rings. The van der Waals surface area contributed by atoms with Gasteiger partial charge in [-0.3, -0.25) is 0 Å². The Labute approximate surface area is 131 Å². The lowest BCUT2D eigenvalue weighted by Crippen LogP contribution is -2.47. The second-order valence-corrected chi connectivity index (χ2v) is 7.67. The highest BCUT2D eigenvalue weighted by Crippen LogP contribution is 2.41. The minimum absolute atomic E-state index is 0.462. The Hall–Kier alpha value is -0.120. The van der Waals surface area contributed by atoms with Crippen LogP contribution in [-0.4, -0.2) is 49.8 Å². The number of hydrogen-bond acceptors (Lipinski definition) is 3. The topological polar surface area (TPSA) is 24.5 Å². The van der Waals surface area contributed by atoms with Crippen LogP contribution in [-0.2, 0) is 4.74 Å². The first kappa shape index (κ1) is 17.2. The van der Waals surface area contributed by atoms with Crippen LogP contribution < -0.4 is 5.32 Å². The standard InChI is InChI=1S/C18H36N2O/c1-5-11-19-17-15(7-10-18(17,3)4)14-20-12-8-16(9-13-20)21-6-2/h15-17,19H,5-14H2,1-4H3. The predicted octanol–water partition coefficient (Wildman–Crippen LogP) is 3.29. The zero-order valence-electron chi connectivity index (χ0n) is 14.7. The van der Waals surface area contributed by atoms with Crippen LogP contribution >= 0.6 is 0 Å². The summed E-state index contributed by atoms with van der Waals surface area (Å²) in [6, 6.07) is 0.696. The molecule has 0 aromatic heterocycles. The largest absolute Gasteiger partial charge is 0.378 e. The van der Waals surface area contributed by atoms with Crippen LogP contribution in [0, 0.1) is 11.3 Å². The summed E-state index contributed by atoms with van der Waals surface area (Å²) in [5, 5.41) is 3.84. The van der Waals surface area contributed by atoms with Crippen molar-refractivity contribution in [2.45, 2.75) is 71.9 Å². The number of likely N-dealkylation sites (tertiary alicyclic amines) is 1. The van der Waals surface area contributed by atoms with E-state index >= 15 is 0 Å². The molecule has 0 bridgehead atoms. The van der Waals surface area contributed by atoms with Gasteiger partial charge in [0.25, 0.3) is 0 Å². The van der Waals surface area contributed by atoms with Crippen LogP contribution in [0.5, 0.6) is 0 Å². The summed E-state index contributed by atoms with van der Waals surface area (Å²) < 4.78 is 5.77. The molecule has 2 unspecified atom stereocenters. The van der Waals surface area contributed by atoms with E-state index in [0.29, 0.717) is 17.6 Å². The molecule has 1 saturated carbocycles. The van der Waals surface area contributed by atoms with Gasteiger partial charge in [-0.1, -0.05) is 20.8 Å². The summed E-state index contributed by atoms with van der Waals surface area (Å²) in [4.78, 5) is 2.68. The van der Waals surface area contributed by atoms with Gasteiger partial charge in [-0.05, 0) is 56.9 Å². The minimum Gasteiger partial charge on any atom is -0.378 e. The van der Waals surface area contributed by atoms with Gasteiger partial charge in [0.2, 0.25) is 0 Å². The SMILES string of the molecule is CCCNC1C(CN2CCC(OCC)CC2)CCC1(C)C. The van der Waals surface area contributed by atoms with E-state index < -0.39 is 0 Å². The van der Waals surface area contributed by atoms with Crippen molar-refractivity contribution in [1.29, 1.82) is 0 Å². The number of nitrogens with one attached hydrogen (secondary N) is 1. The van der Waals surface area contributed by atoms with Crippen LogP contribution in [0.15, 0.2) is 0 Å². The van der Waals surface area contributed by atoms with Gasteiger partial charge < -0.3 is 15.0 Å². The average molecular weight is 296 g/mol. The molecule has 3 nitrogen and oxygen atoms in total. The molecule has 2 rings (SSSR count). The van der Waals surface area contributed by atoms with E-state index in [0.717, 1.165) is 19.1 Å². The molecule has 124 valence electrons. The van der Waals surface area contributed by atoms with Gasteiger partial charge in [0.1, 0.15) is 0 Å². The highest BCUT2D eigenvalue weighted by molar-refractivity contribution is 4.97. The molecule has 1 saturated heterocycles. The zero-order chi connectivity index (χ0) is 15.3. The molecule has 1 heterocycles. The lowest BCUT2D eigenvalue weighted by atomic mass is 9.84. The Kier molecular flexibility index (Phi) is 6.51. The van der Waals surface area contributed by atoms with Crippen LogP contribution in [0.2, 0.25) is 0 Å². The van der Waals surface area contributed by atoms with Crippen LogP contribution in [0.4, 0.5) is 0 Å². The van der Waals surface area contributed by atoms with E-state index in [-0.39, 0.29) is 0 Å². The van der Waals surface area contributed by atoms with E-state index in [1.807, 2.05) is 0 Å². The summed E-state index contributed by atoms with van der Waals surface area (Å²) in [7, 11) is 0. The summed E-state index contributed by atoms with van der Waals surface area (Å²) in [6.07, 6.45) is 6.95. The van der Waals surface area contributed by atoms with Crippen LogP contribution in [0.3, 0.4) is 0 Å². The van der Waals surface area contributed by atoms with E-state index in [2.05, 4.69) is 37.9 Å². The third-order valence-corrected chi connectivity index (χ3v) is 5.52. The van der Waals surface area contributed by atoms with E-state index in [1.165, 1.54) is 51.7 Å². The predicted molar refractivity (Wildman–Crippen MR) is 89.7 cm³/mol. The van der Waals surface area contributed by atoms with Crippen molar-refractivity contribution in [3.63, 3.8) is 0 Å². The molecule has 1 N–H and O–H groups in total. The molecule has 0 radical (unpaired) electrons. The molecule has 3 heteroatoms. The van der Waals surface area contributed by atoms with Crippen molar-refractivity contribution >= 4 is 0 Å². The smallest absolute Gasteiger partial charge is 0.0599 e. The maximum absolute atomic E-state index is 5.77. The molecule has 2 atom stereocenters. The van der Waals surface area contributed by atoms with E-state index in [4.69, 9.17) is 4.74 Å². The van der Waals surface area contributed by atoms with Gasteiger partial charge in [0.05, 0.1) is 6.10 Å². The fourth-order valence-corrected chi connectivity index (χ4v) is 4.28. The van der Waals surface area contributed by atoms with Crippen molar-refractivity contribution in [1.82, 2.24) is 10.2 Å². The summed E-state index contributed by atoms with van der Waals surface area (Å²) in [5.41, 5.74) is 0.462. The highest BCUT2D eigenvalue weighted by atomic mass is 16.5. The van der Waals surface area contributed by atoms with Crippen LogP contribution in [0.1, 0.15) is 59.8 Å². The summed E-state index contributed by atoms with van der Waals surface area (Å²) >= 11 is 0. The lowest BCUT2D eigenvalue weighted by Gasteiger charge is -2.37. The van der Waals surface area contributed by atoms with Crippen molar-refractivity contribution < 1.29 is 4.74 Å². The first-order valence-electron chi connectivity index (χ1n) is 9.14. The number of piperidine rings is 1. The van der Waals surface area contributed by atoms with Gasteiger partial charge in [0.15, 0.2) is 0 Å². The molecular weight excluding hydrogens is 260 g/mol. The van der Waals surface area contributed by atoms with E-state index in [1.54, 1.807) is 0 Å². The quantitative estimate of drug-likeness (QED) is 0.780. The molecular formula is C18H36N2O. The second kappa shape index (κ2) is 7.94. The van der Waals surface area contributed by atoms with Gasteiger partial charge in [0, 0.05) is 32.3 Å². The number of nitrogens with zero attached hydrogens (tertiary/aromatic N) is 1. The molecule has 1 aliphatic heterocycles. The average Bonchev–Trinajstić information content (AvgIpc) is 2.74. The first-order chi connectivity index (χ1) is 10.1. The number of rotatable bonds is 7. The summed E-state index contributed by atoms with van der Waals surface area (Å²) in [6.45, 7) is 15.0. The van der Waals surface area contributed by atoms with E-state index in [9.17, 15) is 0 Å². The zero-order valence-corrected chi connectivity index (χ0v) is 14.7. The van der Waals surface area contributed by atoms with Gasteiger partial charge in [-0.15, -0.1) is 0 Å². The number of hydrogen-bond donors (Lipinski definition) is 1. The van der Waals surface area contributed by atoms with Crippen molar-refractivity contribution in [3.05, 3.63) is 0 Å². The molecule has 0 amide bonds. The second-order valence-electron chi connectivity index (χ2n) is 7.67. The Balaban J connectivity index is 1.81. The van der Waals surface area contributed by atoms with Gasteiger partial charge >= 0.3 is 0 Å². The molecule has 1 aliphatic carbocycles. The third-order valence-electron chi connectivity index (χ3n) is 5.52. The Morgan fingerprint density at radius 3 is 2.48 bits per heavy atom. The fourth-order valence-electron chi connectivity index (χ4n) is 4.28. The Morgan fingerprint density at radius 1 is 1.14 bits per heavy atom. The first-order valence-corrected chi connectivity index (χ1v) is 9.14.